The Hall–Kier alpha value is -2.98. The average Bonchev–Trinajstić information content (AvgIpc) is 3.07. The summed E-state index contributed by atoms with van der Waals surface area (Å²) in [6, 6.07) is 6.67. The molecule has 7 nitrogen and oxygen atoms in total. The number of nitrogens with two attached hydrogens (primary N) is 1. The molecule has 0 bridgehead atoms. The van der Waals surface area contributed by atoms with Gasteiger partial charge in [0.25, 0.3) is 5.56 Å². The number of aromatic amines is 1. The second kappa shape index (κ2) is 5.42. The van der Waals surface area contributed by atoms with E-state index in [-0.39, 0.29) is 5.56 Å². The van der Waals surface area contributed by atoms with Crippen LogP contribution in [0.25, 0.3) is 16.6 Å². The number of fused-ring (bicyclic) bond motifs is 1. The highest BCUT2D eigenvalue weighted by Crippen LogP contribution is 2.19. The van der Waals surface area contributed by atoms with Gasteiger partial charge >= 0.3 is 0 Å². The molecule has 0 fully saturated rings. The normalized spacial score (nSPS) is 12.2. The summed E-state index contributed by atoms with van der Waals surface area (Å²) in [7, 11) is 0. The zero-order valence-corrected chi connectivity index (χ0v) is 11.9. The van der Waals surface area contributed by atoms with E-state index in [9.17, 15) is 10.1 Å². The van der Waals surface area contributed by atoms with E-state index >= 15 is 0 Å². The lowest BCUT2D eigenvalue weighted by molar-refractivity contribution is 0.623. The van der Waals surface area contributed by atoms with Gasteiger partial charge in [0.2, 0.25) is 0 Å². The number of nitrogens with zero attached hydrogens (tertiary/aromatic N) is 4. The standard InChI is InChI=1S/C15H14N6O/c1-2-11(17)14-20-12-5-3-4-9(6-16)13(12)15(22)21(14)10-7-18-19-8-10/h3-5,7-8,11H,2,17H2,1H3,(H,18,19)/t11-/m0/s1. The van der Waals surface area contributed by atoms with Gasteiger partial charge in [-0.05, 0) is 18.6 Å². The van der Waals surface area contributed by atoms with Gasteiger partial charge in [0.05, 0.1) is 34.4 Å². The zero-order chi connectivity index (χ0) is 15.7. The van der Waals surface area contributed by atoms with Crippen LogP contribution in [0.15, 0.2) is 35.4 Å². The number of hydrogen-bond donors (Lipinski definition) is 2. The Morgan fingerprint density at radius 3 is 2.95 bits per heavy atom. The first-order valence-corrected chi connectivity index (χ1v) is 6.87. The molecule has 2 heterocycles. The molecule has 2 aromatic heterocycles. The van der Waals surface area contributed by atoms with Crippen molar-refractivity contribution in [2.24, 2.45) is 5.73 Å². The Kier molecular flexibility index (Phi) is 3.45. The number of benzene rings is 1. The Morgan fingerprint density at radius 1 is 1.50 bits per heavy atom. The van der Waals surface area contributed by atoms with E-state index in [1.807, 2.05) is 13.0 Å². The Bertz CT molecular complexity index is 920. The van der Waals surface area contributed by atoms with Crippen LogP contribution in [-0.4, -0.2) is 19.7 Å². The van der Waals surface area contributed by atoms with Crippen LogP contribution >= 0.6 is 0 Å². The number of nitriles is 1. The van der Waals surface area contributed by atoms with Gasteiger partial charge < -0.3 is 5.73 Å². The molecule has 22 heavy (non-hydrogen) atoms. The van der Waals surface area contributed by atoms with Gasteiger partial charge in [0.1, 0.15) is 11.9 Å². The smallest absolute Gasteiger partial charge is 0.267 e. The van der Waals surface area contributed by atoms with E-state index in [1.54, 1.807) is 24.4 Å². The topological polar surface area (TPSA) is 113 Å². The van der Waals surface area contributed by atoms with Crippen LogP contribution in [-0.2, 0) is 0 Å². The summed E-state index contributed by atoms with van der Waals surface area (Å²) in [4.78, 5) is 17.4. The third kappa shape index (κ3) is 2.06. The molecule has 0 saturated carbocycles. The van der Waals surface area contributed by atoms with E-state index in [4.69, 9.17) is 5.73 Å². The zero-order valence-electron chi connectivity index (χ0n) is 11.9. The summed E-state index contributed by atoms with van der Waals surface area (Å²) < 4.78 is 1.42. The lowest BCUT2D eigenvalue weighted by atomic mass is 10.1. The van der Waals surface area contributed by atoms with Gasteiger partial charge in [0, 0.05) is 6.20 Å². The lowest BCUT2D eigenvalue weighted by Crippen LogP contribution is -2.28. The van der Waals surface area contributed by atoms with E-state index in [0.717, 1.165) is 0 Å². The van der Waals surface area contributed by atoms with Crippen LogP contribution in [0.4, 0.5) is 0 Å². The highest BCUT2D eigenvalue weighted by atomic mass is 16.1. The molecule has 3 N–H and O–H groups in total. The summed E-state index contributed by atoms with van der Waals surface area (Å²) in [5.41, 5.74) is 7.11. The van der Waals surface area contributed by atoms with Gasteiger partial charge in [-0.2, -0.15) is 10.4 Å². The largest absolute Gasteiger partial charge is 0.321 e. The van der Waals surface area contributed by atoms with Crippen molar-refractivity contribution in [3.63, 3.8) is 0 Å². The number of aromatic nitrogens is 4. The van der Waals surface area contributed by atoms with Crippen LogP contribution in [0.1, 0.15) is 30.8 Å². The monoisotopic (exact) mass is 294 g/mol. The number of nitrogens with one attached hydrogen (secondary N) is 1. The van der Waals surface area contributed by atoms with Crippen molar-refractivity contribution in [2.75, 3.05) is 0 Å². The number of hydrogen-bond acceptors (Lipinski definition) is 5. The maximum absolute atomic E-state index is 12.9. The van der Waals surface area contributed by atoms with Gasteiger partial charge in [-0.25, -0.2) is 4.98 Å². The molecule has 0 aliphatic rings. The first kappa shape index (κ1) is 14.0. The Labute approximate surface area is 126 Å². The predicted molar refractivity (Wildman–Crippen MR) is 81.4 cm³/mol. The fourth-order valence-electron chi connectivity index (χ4n) is 2.39. The minimum atomic E-state index is -0.391. The summed E-state index contributed by atoms with van der Waals surface area (Å²) in [6.07, 6.45) is 3.75. The molecular formula is C15H14N6O. The maximum Gasteiger partial charge on any atom is 0.267 e. The van der Waals surface area contributed by atoms with Crippen LogP contribution in [0.3, 0.4) is 0 Å². The molecule has 7 heteroatoms. The van der Waals surface area contributed by atoms with E-state index in [2.05, 4.69) is 15.2 Å². The van der Waals surface area contributed by atoms with E-state index in [0.29, 0.717) is 34.4 Å². The molecule has 0 radical (unpaired) electrons. The minimum absolute atomic E-state index is 0.290. The van der Waals surface area contributed by atoms with Crippen molar-refractivity contribution in [1.82, 2.24) is 19.7 Å². The van der Waals surface area contributed by atoms with Crippen LogP contribution in [0, 0.1) is 11.3 Å². The highest BCUT2D eigenvalue weighted by Gasteiger charge is 2.19. The summed E-state index contributed by atoms with van der Waals surface area (Å²) in [6.45, 7) is 1.92. The van der Waals surface area contributed by atoms with Crippen molar-refractivity contribution in [1.29, 1.82) is 5.26 Å². The van der Waals surface area contributed by atoms with Crippen molar-refractivity contribution in [2.45, 2.75) is 19.4 Å². The Morgan fingerprint density at radius 2 is 2.32 bits per heavy atom. The molecule has 0 aliphatic carbocycles. The van der Waals surface area contributed by atoms with Crippen molar-refractivity contribution in [3.8, 4) is 11.8 Å². The highest BCUT2D eigenvalue weighted by molar-refractivity contribution is 5.84. The fourth-order valence-corrected chi connectivity index (χ4v) is 2.39. The van der Waals surface area contributed by atoms with Gasteiger partial charge in [0.15, 0.2) is 0 Å². The second-order valence-corrected chi connectivity index (χ2v) is 4.89. The van der Waals surface area contributed by atoms with Crippen molar-refractivity contribution in [3.05, 3.63) is 52.3 Å². The summed E-state index contributed by atoms with van der Waals surface area (Å²) in [5.74, 6) is 0.455. The third-order valence-electron chi connectivity index (χ3n) is 3.56. The maximum atomic E-state index is 12.9. The van der Waals surface area contributed by atoms with Crippen LogP contribution < -0.4 is 11.3 Å². The van der Waals surface area contributed by atoms with E-state index in [1.165, 1.54) is 10.8 Å². The summed E-state index contributed by atoms with van der Waals surface area (Å²) >= 11 is 0. The first-order chi connectivity index (χ1) is 10.7. The summed E-state index contributed by atoms with van der Waals surface area (Å²) in [5, 5.41) is 16.1. The van der Waals surface area contributed by atoms with E-state index < -0.39 is 6.04 Å². The number of rotatable bonds is 3. The predicted octanol–water partition coefficient (Wildman–Crippen LogP) is 1.39. The molecule has 0 saturated heterocycles. The first-order valence-electron chi connectivity index (χ1n) is 6.87. The van der Waals surface area contributed by atoms with Crippen LogP contribution in [0.2, 0.25) is 0 Å². The second-order valence-electron chi connectivity index (χ2n) is 4.89. The molecule has 1 atom stereocenters. The fraction of sp³-hybridized carbons (Fsp3) is 0.200. The number of H-pyrrole nitrogens is 1. The molecular weight excluding hydrogens is 280 g/mol. The average molecular weight is 294 g/mol. The molecule has 0 unspecified atom stereocenters. The van der Waals surface area contributed by atoms with Gasteiger partial charge in [-0.15, -0.1) is 0 Å². The minimum Gasteiger partial charge on any atom is -0.321 e. The Balaban J connectivity index is 2.47. The van der Waals surface area contributed by atoms with Crippen LogP contribution in [0.5, 0.6) is 0 Å². The quantitative estimate of drug-likeness (QED) is 0.757. The van der Waals surface area contributed by atoms with Gasteiger partial charge in [-0.1, -0.05) is 13.0 Å². The van der Waals surface area contributed by atoms with Gasteiger partial charge in [-0.3, -0.25) is 14.5 Å². The molecule has 110 valence electrons. The molecule has 0 aliphatic heterocycles. The SMILES string of the molecule is CC[C@H](N)c1nc2cccc(C#N)c2c(=O)n1-c1cn[nH]c1. The lowest BCUT2D eigenvalue weighted by Gasteiger charge is -2.16. The molecule has 0 spiro atoms. The molecule has 1 aromatic carbocycles. The molecule has 3 aromatic rings. The molecule has 3 rings (SSSR count). The van der Waals surface area contributed by atoms with Crippen molar-refractivity contribution < 1.29 is 0 Å². The molecule has 0 amide bonds. The third-order valence-corrected chi connectivity index (χ3v) is 3.56. The van der Waals surface area contributed by atoms with Crippen molar-refractivity contribution >= 4 is 10.9 Å².